The second-order valence-electron chi connectivity index (χ2n) is 13.6. The van der Waals surface area contributed by atoms with E-state index >= 15 is 0 Å². The number of fused-ring (bicyclic) bond motifs is 3. The minimum atomic E-state index is 0.592. The van der Waals surface area contributed by atoms with Gasteiger partial charge in [-0.1, -0.05) is 188 Å². The molecule has 0 bridgehead atoms. The van der Waals surface area contributed by atoms with Gasteiger partial charge in [0.1, 0.15) is 11.2 Å². The summed E-state index contributed by atoms with van der Waals surface area (Å²) in [6, 6.07) is 69.3. The first kappa shape index (κ1) is 32.2. The van der Waals surface area contributed by atoms with E-state index in [0.29, 0.717) is 17.5 Å². The fourth-order valence-corrected chi connectivity index (χ4v) is 7.40. The van der Waals surface area contributed by atoms with E-state index in [-0.39, 0.29) is 0 Å². The molecular weight excluding hydrogens is 671 g/mol. The second kappa shape index (κ2) is 13.8. The normalized spacial score (nSPS) is 11.3. The van der Waals surface area contributed by atoms with Gasteiger partial charge >= 0.3 is 0 Å². The quantitative estimate of drug-likeness (QED) is 0.166. The lowest BCUT2D eigenvalue weighted by Gasteiger charge is -2.10. The van der Waals surface area contributed by atoms with Crippen LogP contribution in [0.2, 0.25) is 0 Å². The summed E-state index contributed by atoms with van der Waals surface area (Å²) >= 11 is 0. The molecule has 0 spiro atoms. The summed E-state index contributed by atoms with van der Waals surface area (Å²) in [5.41, 5.74) is 13.5. The molecule has 10 rings (SSSR count). The van der Waals surface area contributed by atoms with Crippen LogP contribution in [0.5, 0.6) is 0 Å². The highest BCUT2D eigenvalue weighted by Crippen LogP contribution is 2.41. The first-order valence-corrected chi connectivity index (χ1v) is 18.4. The molecule has 2 heterocycles. The SMILES string of the molecule is c1ccc(-c2ccc(-c3ccc(-c4nc(-c5ccccc5)nc(-c5cccc6oc7c(-c8cccc(-c9ccccc9)c8)cccc7c56)n4)cc3)cc2)cc1. The van der Waals surface area contributed by atoms with Crippen molar-refractivity contribution in [2.75, 3.05) is 0 Å². The predicted molar refractivity (Wildman–Crippen MR) is 225 cm³/mol. The van der Waals surface area contributed by atoms with Crippen LogP contribution in [-0.2, 0) is 0 Å². The number of aromatic nitrogens is 3. The predicted octanol–water partition coefficient (Wildman–Crippen LogP) is 13.4. The van der Waals surface area contributed by atoms with Crippen LogP contribution in [0.15, 0.2) is 205 Å². The van der Waals surface area contributed by atoms with Crippen molar-refractivity contribution < 1.29 is 4.42 Å². The maximum Gasteiger partial charge on any atom is 0.164 e. The van der Waals surface area contributed by atoms with Crippen LogP contribution in [0.4, 0.5) is 0 Å². The molecule has 2 aromatic heterocycles. The number of hydrogen-bond donors (Lipinski definition) is 0. The Kier molecular flexibility index (Phi) is 8.12. The number of rotatable bonds is 7. The van der Waals surface area contributed by atoms with Gasteiger partial charge in [0.2, 0.25) is 0 Å². The average molecular weight is 704 g/mol. The molecule has 55 heavy (non-hydrogen) atoms. The lowest BCUT2D eigenvalue weighted by atomic mass is 9.97. The molecule has 0 unspecified atom stereocenters. The summed E-state index contributed by atoms with van der Waals surface area (Å²) in [5, 5.41) is 1.99. The lowest BCUT2D eigenvalue weighted by molar-refractivity contribution is 0.670. The molecule has 0 atom stereocenters. The lowest BCUT2D eigenvalue weighted by Crippen LogP contribution is -2.00. The molecule has 0 N–H and O–H groups in total. The number of para-hydroxylation sites is 1. The Balaban J connectivity index is 1.07. The van der Waals surface area contributed by atoms with Crippen molar-refractivity contribution in [2.24, 2.45) is 0 Å². The van der Waals surface area contributed by atoms with Gasteiger partial charge in [-0.2, -0.15) is 0 Å². The Bertz CT molecular complexity index is 2940. The van der Waals surface area contributed by atoms with Gasteiger partial charge in [-0.25, -0.2) is 15.0 Å². The third kappa shape index (κ3) is 6.16. The van der Waals surface area contributed by atoms with E-state index in [2.05, 4.69) is 146 Å². The largest absolute Gasteiger partial charge is 0.455 e. The Morgan fingerprint density at radius 1 is 0.291 bits per heavy atom. The fraction of sp³-hybridized carbons (Fsp3) is 0. The minimum Gasteiger partial charge on any atom is -0.455 e. The Hall–Kier alpha value is -7.43. The van der Waals surface area contributed by atoms with Crippen LogP contribution in [0.3, 0.4) is 0 Å². The summed E-state index contributed by atoms with van der Waals surface area (Å²) in [5.74, 6) is 1.82. The Labute approximate surface area is 319 Å². The molecule has 0 radical (unpaired) electrons. The van der Waals surface area contributed by atoms with Gasteiger partial charge < -0.3 is 4.42 Å². The highest BCUT2D eigenvalue weighted by atomic mass is 16.3. The molecule has 0 aliphatic carbocycles. The molecule has 0 amide bonds. The summed E-state index contributed by atoms with van der Waals surface area (Å²) in [4.78, 5) is 15.3. The van der Waals surface area contributed by atoms with Crippen molar-refractivity contribution in [2.45, 2.75) is 0 Å². The van der Waals surface area contributed by atoms with Gasteiger partial charge in [-0.3, -0.25) is 0 Å². The third-order valence-corrected chi connectivity index (χ3v) is 10.2. The number of furan rings is 1. The maximum atomic E-state index is 6.69. The highest BCUT2D eigenvalue weighted by Gasteiger charge is 2.20. The van der Waals surface area contributed by atoms with Gasteiger partial charge in [0, 0.05) is 33.0 Å². The van der Waals surface area contributed by atoms with E-state index in [1.807, 2.05) is 54.6 Å². The topological polar surface area (TPSA) is 51.8 Å². The summed E-state index contributed by atoms with van der Waals surface area (Å²) in [7, 11) is 0. The van der Waals surface area contributed by atoms with Crippen molar-refractivity contribution in [3.8, 4) is 78.7 Å². The maximum absolute atomic E-state index is 6.69. The number of nitrogens with zero attached hydrogens (tertiary/aromatic N) is 3. The third-order valence-electron chi connectivity index (χ3n) is 10.2. The van der Waals surface area contributed by atoms with Crippen molar-refractivity contribution in [1.29, 1.82) is 0 Å². The summed E-state index contributed by atoms with van der Waals surface area (Å²) in [6.07, 6.45) is 0. The van der Waals surface area contributed by atoms with E-state index in [1.54, 1.807) is 0 Å². The smallest absolute Gasteiger partial charge is 0.164 e. The first-order chi connectivity index (χ1) is 27.2. The van der Waals surface area contributed by atoms with E-state index in [4.69, 9.17) is 19.4 Å². The molecule has 4 heteroatoms. The van der Waals surface area contributed by atoms with E-state index in [9.17, 15) is 0 Å². The molecule has 4 nitrogen and oxygen atoms in total. The van der Waals surface area contributed by atoms with Crippen LogP contribution in [0.1, 0.15) is 0 Å². The summed E-state index contributed by atoms with van der Waals surface area (Å²) < 4.78 is 6.69. The minimum absolute atomic E-state index is 0.592. The van der Waals surface area contributed by atoms with Crippen molar-refractivity contribution >= 4 is 21.9 Å². The molecule has 0 fully saturated rings. The van der Waals surface area contributed by atoms with Crippen molar-refractivity contribution in [1.82, 2.24) is 15.0 Å². The number of hydrogen-bond acceptors (Lipinski definition) is 4. The fourth-order valence-electron chi connectivity index (χ4n) is 7.40. The zero-order valence-electron chi connectivity index (χ0n) is 29.8. The second-order valence-corrected chi connectivity index (χ2v) is 13.6. The van der Waals surface area contributed by atoms with Gasteiger partial charge in [-0.15, -0.1) is 0 Å². The van der Waals surface area contributed by atoms with Gasteiger partial charge in [0.25, 0.3) is 0 Å². The van der Waals surface area contributed by atoms with Crippen LogP contribution < -0.4 is 0 Å². The van der Waals surface area contributed by atoms with Gasteiger partial charge in [0.05, 0.1) is 0 Å². The van der Waals surface area contributed by atoms with Crippen molar-refractivity contribution in [3.05, 3.63) is 200 Å². The summed E-state index contributed by atoms with van der Waals surface area (Å²) in [6.45, 7) is 0. The van der Waals surface area contributed by atoms with Crippen LogP contribution in [0, 0.1) is 0 Å². The standard InChI is InChI=1S/C51H33N3O/c1-4-13-34(14-5-1)36-25-27-37(28-26-36)38-29-31-40(32-30-38)50-52-49(39-17-8-3-9-18-39)53-51(54-50)45-23-12-24-46-47(45)44-22-11-21-43(48(44)55-46)42-20-10-19-41(33-42)35-15-6-2-7-16-35/h1-33H. The van der Waals surface area contributed by atoms with E-state index in [0.717, 1.165) is 66.4 Å². The molecule has 0 saturated carbocycles. The number of benzene rings is 8. The Morgan fingerprint density at radius 2 is 0.709 bits per heavy atom. The molecule has 0 aliphatic rings. The highest BCUT2D eigenvalue weighted by molar-refractivity contribution is 6.15. The zero-order chi connectivity index (χ0) is 36.6. The van der Waals surface area contributed by atoms with Gasteiger partial charge in [0.15, 0.2) is 17.5 Å². The molecular formula is C51H33N3O. The molecule has 0 saturated heterocycles. The van der Waals surface area contributed by atoms with E-state index < -0.39 is 0 Å². The van der Waals surface area contributed by atoms with Crippen molar-refractivity contribution in [3.63, 3.8) is 0 Å². The molecule has 10 aromatic rings. The van der Waals surface area contributed by atoms with Crippen LogP contribution in [-0.4, -0.2) is 15.0 Å². The zero-order valence-corrected chi connectivity index (χ0v) is 29.8. The molecule has 8 aromatic carbocycles. The Morgan fingerprint density at radius 3 is 1.33 bits per heavy atom. The molecule has 0 aliphatic heterocycles. The van der Waals surface area contributed by atoms with Crippen LogP contribution in [0.25, 0.3) is 101 Å². The molecule has 258 valence electrons. The van der Waals surface area contributed by atoms with Crippen LogP contribution >= 0.6 is 0 Å². The average Bonchev–Trinajstić information content (AvgIpc) is 3.67. The first-order valence-electron chi connectivity index (χ1n) is 18.4. The van der Waals surface area contributed by atoms with Gasteiger partial charge in [-0.05, 0) is 51.1 Å². The van der Waals surface area contributed by atoms with E-state index in [1.165, 1.54) is 16.7 Å². The monoisotopic (exact) mass is 703 g/mol.